The first-order valence-corrected chi connectivity index (χ1v) is 7.31. The highest BCUT2D eigenvalue weighted by molar-refractivity contribution is 9.10. The van der Waals surface area contributed by atoms with Crippen molar-refractivity contribution < 1.29 is 13.6 Å². The number of furan rings is 1. The number of fused-ring (bicyclic) bond motifs is 1. The molecule has 0 aliphatic rings. The summed E-state index contributed by atoms with van der Waals surface area (Å²) in [7, 11) is 0. The number of rotatable bonds is 4. The number of nitrogens with one attached hydrogen (secondary N) is 1. The average Bonchev–Trinajstić information content (AvgIpc) is 3.03. The molecule has 0 aliphatic heterocycles. The van der Waals surface area contributed by atoms with Crippen LogP contribution in [0.3, 0.4) is 0 Å². The van der Waals surface area contributed by atoms with Crippen molar-refractivity contribution in [1.29, 1.82) is 0 Å². The first kappa shape index (κ1) is 13.9. The number of amides is 1. The molecule has 3 aromatic rings. The van der Waals surface area contributed by atoms with Crippen molar-refractivity contribution in [3.63, 3.8) is 0 Å². The van der Waals surface area contributed by atoms with Crippen molar-refractivity contribution in [3.05, 3.63) is 52.2 Å². The van der Waals surface area contributed by atoms with Gasteiger partial charge in [0.1, 0.15) is 5.52 Å². The van der Waals surface area contributed by atoms with Gasteiger partial charge in [-0.05, 0) is 52.2 Å². The summed E-state index contributed by atoms with van der Waals surface area (Å²) in [6, 6.07) is 9.17. The van der Waals surface area contributed by atoms with E-state index in [4.69, 9.17) is 8.83 Å². The highest BCUT2D eigenvalue weighted by atomic mass is 79.9. The molecule has 0 saturated heterocycles. The number of halogens is 1. The van der Waals surface area contributed by atoms with Gasteiger partial charge in [0, 0.05) is 13.5 Å². The minimum atomic E-state index is -0.223. The Labute approximate surface area is 129 Å². The van der Waals surface area contributed by atoms with Gasteiger partial charge in [-0.15, -0.1) is 0 Å². The Balaban J connectivity index is 1.60. The van der Waals surface area contributed by atoms with Crippen LogP contribution in [0.25, 0.3) is 11.1 Å². The van der Waals surface area contributed by atoms with Crippen LogP contribution in [0.4, 0.5) is 0 Å². The van der Waals surface area contributed by atoms with Gasteiger partial charge in [-0.1, -0.05) is 6.07 Å². The molecule has 2 aromatic heterocycles. The van der Waals surface area contributed by atoms with E-state index in [0.29, 0.717) is 22.9 Å². The number of carbonyl (C=O) groups excluding carboxylic acids is 1. The smallest absolute Gasteiger partial charge is 0.287 e. The zero-order chi connectivity index (χ0) is 14.8. The average molecular weight is 349 g/mol. The summed E-state index contributed by atoms with van der Waals surface area (Å²) >= 11 is 3.17. The molecule has 0 saturated carbocycles. The summed E-state index contributed by atoms with van der Waals surface area (Å²) in [5, 5.41) is 2.82. The molecular weight excluding hydrogens is 336 g/mol. The number of hydrogen-bond donors (Lipinski definition) is 1. The van der Waals surface area contributed by atoms with E-state index in [1.807, 2.05) is 25.1 Å². The minimum Gasteiger partial charge on any atom is -0.444 e. The molecule has 0 fully saturated rings. The predicted molar refractivity (Wildman–Crippen MR) is 81.2 cm³/mol. The molecular formula is C15H13BrN2O3. The van der Waals surface area contributed by atoms with Crippen LogP contribution in [0.1, 0.15) is 22.0 Å². The normalized spacial score (nSPS) is 11.0. The maximum absolute atomic E-state index is 11.8. The topological polar surface area (TPSA) is 68.3 Å². The lowest BCUT2D eigenvalue weighted by atomic mass is 10.1. The Morgan fingerprint density at radius 2 is 2.14 bits per heavy atom. The molecule has 1 N–H and O–H groups in total. The zero-order valence-electron chi connectivity index (χ0n) is 11.4. The van der Waals surface area contributed by atoms with E-state index >= 15 is 0 Å². The Morgan fingerprint density at radius 3 is 2.90 bits per heavy atom. The number of benzene rings is 1. The fraction of sp³-hybridized carbons (Fsp3) is 0.200. The first-order valence-electron chi connectivity index (χ1n) is 6.51. The molecule has 21 heavy (non-hydrogen) atoms. The van der Waals surface area contributed by atoms with Crippen molar-refractivity contribution in [1.82, 2.24) is 10.3 Å². The van der Waals surface area contributed by atoms with E-state index in [1.54, 1.807) is 12.1 Å². The number of aryl methyl sites for hydroxylation is 1. The van der Waals surface area contributed by atoms with Crippen LogP contribution < -0.4 is 5.32 Å². The summed E-state index contributed by atoms with van der Waals surface area (Å²) < 4.78 is 11.2. The fourth-order valence-electron chi connectivity index (χ4n) is 2.09. The maximum atomic E-state index is 11.8. The SMILES string of the molecule is Cc1nc2cc(CCNC(=O)c3ccc(Br)o3)ccc2o1. The number of oxazole rings is 1. The van der Waals surface area contributed by atoms with E-state index in [-0.39, 0.29) is 5.91 Å². The summed E-state index contributed by atoms with van der Waals surface area (Å²) in [5.41, 5.74) is 2.71. The Bertz CT molecular complexity index is 791. The molecule has 0 atom stereocenters. The van der Waals surface area contributed by atoms with Crippen molar-refractivity contribution in [2.75, 3.05) is 6.54 Å². The summed E-state index contributed by atoms with van der Waals surface area (Å²) in [6.45, 7) is 2.35. The molecule has 1 aromatic carbocycles. The number of aromatic nitrogens is 1. The molecule has 0 aliphatic carbocycles. The number of hydrogen-bond acceptors (Lipinski definition) is 4. The first-order chi connectivity index (χ1) is 10.1. The quantitative estimate of drug-likeness (QED) is 0.783. The van der Waals surface area contributed by atoms with E-state index in [9.17, 15) is 4.79 Å². The molecule has 2 heterocycles. The Hall–Kier alpha value is -2.08. The van der Waals surface area contributed by atoms with Crippen molar-refractivity contribution in [2.45, 2.75) is 13.3 Å². The minimum absolute atomic E-state index is 0.223. The van der Waals surface area contributed by atoms with Gasteiger partial charge in [-0.25, -0.2) is 4.98 Å². The van der Waals surface area contributed by atoms with Crippen molar-refractivity contribution >= 4 is 32.9 Å². The fourth-order valence-corrected chi connectivity index (χ4v) is 2.39. The third kappa shape index (κ3) is 3.16. The summed E-state index contributed by atoms with van der Waals surface area (Å²) in [6.07, 6.45) is 0.718. The molecule has 1 amide bonds. The molecule has 0 unspecified atom stereocenters. The molecule has 0 spiro atoms. The Kier molecular flexibility index (Phi) is 3.79. The predicted octanol–water partition coefficient (Wildman–Crippen LogP) is 3.46. The molecule has 6 heteroatoms. The van der Waals surface area contributed by atoms with Gasteiger partial charge in [-0.3, -0.25) is 4.79 Å². The van der Waals surface area contributed by atoms with Gasteiger partial charge in [0.2, 0.25) is 0 Å². The van der Waals surface area contributed by atoms with Crippen molar-refractivity contribution in [2.24, 2.45) is 0 Å². The van der Waals surface area contributed by atoms with E-state index < -0.39 is 0 Å². The lowest BCUT2D eigenvalue weighted by Gasteiger charge is -2.03. The number of carbonyl (C=O) groups is 1. The van der Waals surface area contributed by atoms with Gasteiger partial charge < -0.3 is 14.2 Å². The van der Waals surface area contributed by atoms with Crippen molar-refractivity contribution in [3.8, 4) is 0 Å². The van der Waals surface area contributed by atoms with Crippen LogP contribution >= 0.6 is 15.9 Å². The molecule has 5 nitrogen and oxygen atoms in total. The second kappa shape index (κ2) is 5.73. The van der Waals surface area contributed by atoms with Crippen LogP contribution in [0.15, 0.2) is 43.8 Å². The lowest BCUT2D eigenvalue weighted by Crippen LogP contribution is -2.25. The van der Waals surface area contributed by atoms with Crippen LogP contribution in [-0.2, 0) is 6.42 Å². The monoisotopic (exact) mass is 348 g/mol. The molecule has 0 radical (unpaired) electrons. The van der Waals surface area contributed by atoms with Crippen LogP contribution in [0, 0.1) is 6.92 Å². The van der Waals surface area contributed by atoms with Gasteiger partial charge >= 0.3 is 0 Å². The summed E-state index contributed by atoms with van der Waals surface area (Å²) in [4.78, 5) is 16.1. The van der Waals surface area contributed by atoms with Gasteiger partial charge in [0.15, 0.2) is 21.9 Å². The maximum Gasteiger partial charge on any atom is 0.287 e. The van der Waals surface area contributed by atoms with E-state index in [1.165, 1.54) is 0 Å². The molecule has 0 bridgehead atoms. The highest BCUT2D eigenvalue weighted by Gasteiger charge is 2.09. The van der Waals surface area contributed by atoms with Gasteiger partial charge in [-0.2, -0.15) is 0 Å². The zero-order valence-corrected chi connectivity index (χ0v) is 12.9. The van der Waals surface area contributed by atoms with Gasteiger partial charge in [0.25, 0.3) is 5.91 Å². The van der Waals surface area contributed by atoms with Crippen LogP contribution in [-0.4, -0.2) is 17.4 Å². The number of nitrogens with zero attached hydrogens (tertiary/aromatic N) is 1. The largest absolute Gasteiger partial charge is 0.444 e. The van der Waals surface area contributed by atoms with E-state index in [0.717, 1.165) is 23.1 Å². The van der Waals surface area contributed by atoms with Gasteiger partial charge in [0.05, 0.1) is 0 Å². The third-order valence-corrected chi connectivity index (χ3v) is 3.48. The van der Waals surface area contributed by atoms with E-state index in [2.05, 4.69) is 26.2 Å². The van der Waals surface area contributed by atoms with Crippen LogP contribution in [0.5, 0.6) is 0 Å². The lowest BCUT2D eigenvalue weighted by molar-refractivity contribution is 0.0925. The third-order valence-electron chi connectivity index (χ3n) is 3.06. The molecule has 3 rings (SSSR count). The molecule has 108 valence electrons. The van der Waals surface area contributed by atoms with Crippen LogP contribution in [0.2, 0.25) is 0 Å². The second-order valence-corrected chi connectivity index (χ2v) is 5.43. The Morgan fingerprint density at radius 1 is 1.29 bits per heavy atom. The highest BCUT2D eigenvalue weighted by Crippen LogP contribution is 2.17. The standard InChI is InChI=1S/C15H13BrN2O3/c1-9-18-11-8-10(2-3-12(11)20-9)6-7-17-15(19)13-4-5-14(16)21-13/h2-5,8H,6-7H2,1H3,(H,17,19). The summed E-state index contributed by atoms with van der Waals surface area (Å²) in [5.74, 6) is 0.724. The second-order valence-electron chi connectivity index (χ2n) is 4.64.